The number of anilines is 1. The van der Waals surface area contributed by atoms with Crippen LogP contribution in [0.2, 0.25) is 0 Å². The predicted molar refractivity (Wildman–Crippen MR) is 137 cm³/mol. The van der Waals surface area contributed by atoms with E-state index >= 15 is 0 Å². The van der Waals surface area contributed by atoms with Gasteiger partial charge in [-0.25, -0.2) is 8.42 Å². The molecule has 7 heteroatoms. The highest BCUT2D eigenvalue weighted by Crippen LogP contribution is 2.26. The molecule has 3 aromatic rings. The molecule has 0 fully saturated rings. The van der Waals surface area contributed by atoms with E-state index in [0.29, 0.717) is 17.9 Å². The first kappa shape index (κ1) is 25.3. The van der Waals surface area contributed by atoms with Gasteiger partial charge in [0.05, 0.1) is 24.5 Å². The molecule has 0 unspecified atom stereocenters. The molecule has 1 N–H and O–H groups in total. The Bertz CT molecular complexity index is 1240. The van der Waals surface area contributed by atoms with Crippen LogP contribution in [0.3, 0.4) is 0 Å². The van der Waals surface area contributed by atoms with Crippen molar-refractivity contribution in [2.45, 2.75) is 40.3 Å². The number of nitrogens with zero attached hydrogens (tertiary/aromatic N) is 1. The van der Waals surface area contributed by atoms with Gasteiger partial charge >= 0.3 is 0 Å². The third-order valence-electron chi connectivity index (χ3n) is 5.47. The molecule has 0 aliphatic rings. The summed E-state index contributed by atoms with van der Waals surface area (Å²) < 4.78 is 32.2. The van der Waals surface area contributed by atoms with E-state index in [-0.39, 0.29) is 18.5 Å². The molecule has 0 aliphatic carbocycles. The van der Waals surface area contributed by atoms with Crippen molar-refractivity contribution in [1.29, 1.82) is 0 Å². The molecule has 1 amide bonds. The summed E-state index contributed by atoms with van der Waals surface area (Å²) in [6, 6.07) is 20.3. The second kappa shape index (κ2) is 10.7. The third-order valence-corrected chi connectivity index (χ3v) is 6.60. The Labute approximate surface area is 202 Å². The van der Waals surface area contributed by atoms with Gasteiger partial charge in [0.2, 0.25) is 10.0 Å². The van der Waals surface area contributed by atoms with E-state index in [0.717, 1.165) is 28.0 Å². The molecule has 0 saturated carbocycles. The van der Waals surface area contributed by atoms with E-state index in [2.05, 4.69) is 5.32 Å². The number of hydrogen-bond donors (Lipinski definition) is 1. The van der Waals surface area contributed by atoms with E-state index in [1.54, 1.807) is 24.3 Å². The van der Waals surface area contributed by atoms with Crippen molar-refractivity contribution >= 4 is 21.6 Å². The fourth-order valence-corrected chi connectivity index (χ4v) is 4.44. The minimum Gasteiger partial charge on any atom is -0.491 e. The highest BCUT2D eigenvalue weighted by molar-refractivity contribution is 7.92. The van der Waals surface area contributed by atoms with Crippen LogP contribution >= 0.6 is 0 Å². The summed E-state index contributed by atoms with van der Waals surface area (Å²) in [7, 11) is -3.49. The normalized spacial score (nSPS) is 12.1. The maximum absolute atomic E-state index is 12.6. The van der Waals surface area contributed by atoms with Crippen molar-refractivity contribution in [3.05, 3.63) is 94.5 Å². The lowest BCUT2D eigenvalue weighted by molar-refractivity contribution is 0.0926. The van der Waals surface area contributed by atoms with Crippen LogP contribution in [0.25, 0.3) is 0 Å². The summed E-state index contributed by atoms with van der Waals surface area (Å²) in [4.78, 5) is 12.6. The fourth-order valence-electron chi connectivity index (χ4n) is 3.50. The quantitative estimate of drug-likeness (QED) is 0.478. The number of sulfonamides is 1. The Morgan fingerprint density at radius 3 is 2.18 bits per heavy atom. The molecule has 3 aromatic carbocycles. The summed E-state index contributed by atoms with van der Waals surface area (Å²) in [5.74, 6) is 0.552. The topological polar surface area (TPSA) is 75.7 Å². The molecule has 0 heterocycles. The highest BCUT2D eigenvalue weighted by Gasteiger charge is 2.20. The van der Waals surface area contributed by atoms with Gasteiger partial charge in [-0.1, -0.05) is 42.0 Å². The van der Waals surface area contributed by atoms with Crippen molar-refractivity contribution in [2.75, 3.05) is 17.2 Å². The Morgan fingerprint density at radius 2 is 1.56 bits per heavy atom. The summed E-state index contributed by atoms with van der Waals surface area (Å²) in [6.45, 7) is 8.26. The molecule has 0 spiro atoms. The molecule has 180 valence electrons. The lowest BCUT2D eigenvalue weighted by Crippen LogP contribution is -2.36. The number of carbonyl (C=O) groups is 1. The minimum atomic E-state index is -3.49. The van der Waals surface area contributed by atoms with Crippen LogP contribution < -0.4 is 14.4 Å². The van der Waals surface area contributed by atoms with Crippen LogP contribution in [0.15, 0.2) is 66.7 Å². The lowest BCUT2D eigenvalue weighted by atomic mass is 10.1. The van der Waals surface area contributed by atoms with Gasteiger partial charge in [-0.3, -0.25) is 9.10 Å². The monoisotopic (exact) mass is 480 g/mol. The van der Waals surface area contributed by atoms with Gasteiger partial charge in [0.1, 0.15) is 12.4 Å². The Morgan fingerprint density at radius 1 is 0.941 bits per heavy atom. The summed E-state index contributed by atoms with van der Waals surface area (Å²) in [6.07, 6.45) is 1.21. The maximum Gasteiger partial charge on any atom is 0.251 e. The maximum atomic E-state index is 12.6. The van der Waals surface area contributed by atoms with Gasteiger partial charge in [-0.05, 0) is 74.7 Å². The zero-order valence-corrected chi connectivity index (χ0v) is 21.1. The molecule has 0 saturated heterocycles. The SMILES string of the molecule is Cc1ccc(OC[C@@H](C)NC(=O)c2ccc(CN(c3cc(C)ccc3C)S(C)(=O)=O)cc2)cc1. The Balaban J connectivity index is 1.64. The van der Waals surface area contributed by atoms with Crippen LogP contribution in [0, 0.1) is 20.8 Å². The third kappa shape index (κ3) is 6.84. The van der Waals surface area contributed by atoms with E-state index in [9.17, 15) is 13.2 Å². The van der Waals surface area contributed by atoms with Gasteiger partial charge < -0.3 is 10.1 Å². The second-order valence-corrected chi connectivity index (χ2v) is 10.7. The fraction of sp³-hybridized carbons (Fsp3) is 0.296. The summed E-state index contributed by atoms with van der Waals surface area (Å²) in [5.41, 5.74) is 4.98. The molecular weight excluding hydrogens is 448 g/mol. The molecule has 0 bridgehead atoms. The molecule has 34 heavy (non-hydrogen) atoms. The van der Waals surface area contributed by atoms with Crippen molar-refractivity contribution < 1.29 is 17.9 Å². The lowest BCUT2D eigenvalue weighted by Gasteiger charge is -2.25. The zero-order chi connectivity index (χ0) is 24.9. The number of carbonyl (C=O) groups excluding carboxylic acids is 1. The average molecular weight is 481 g/mol. The second-order valence-electron chi connectivity index (χ2n) is 8.76. The number of rotatable bonds is 9. The Hall–Kier alpha value is -3.32. The predicted octanol–water partition coefficient (Wildman–Crippen LogP) is 4.78. The van der Waals surface area contributed by atoms with E-state index in [4.69, 9.17) is 4.74 Å². The molecule has 0 radical (unpaired) electrons. The first-order valence-electron chi connectivity index (χ1n) is 11.2. The van der Waals surface area contributed by atoms with Crippen molar-refractivity contribution in [2.24, 2.45) is 0 Å². The zero-order valence-electron chi connectivity index (χ0n) is 20.3. The number of amides is 1. The van der Waals surface area contributed by atoms with E-state index in [1.165, 1.54) is 10.6 Å². The average Bonchev–Trinajstić information content (AvgIpc) is 2.78. The highest BCUT2D eigenvalue weighted by atomic mass is 32.2. The van der Waals surface area contributed by atoms with Crippen LogP contribution in [0.4, 0.5) is 5.69 Å². The van der Waals surface area contributed by atoms with Crippen LogP contribution in [0.5, 0.6) is 5.75 Å². The van der Waals surface area contributed by atoms with Crippen molar-refractivity contribution in [1.82, 2.24) is 5.32 Å². The van der Waals surface area contributed by atoms with Crippen molar-refractivity contribution in [3.8, 4) is 5.75 Å². The van der Waals surface area contributed by atoms with Gasteiger partial charge in [0.15, 0.2) is 0 Å². The first-order chi connectivity index (χ1) is 16.0. The molecule has 0 aliphatic heterocycles. The van der Waals surface area contributed by atoms with Gasteiger partial charge in [-0.2, -0.15) is 0 Å². The minimum absolute atomic E-state index is 0.182. The molecule has 1 atom stereocenters. The largest absolute Gasteiger partial charge is 0.491 e. The molecular formula is C27H32N2O4S. The first-order valence-corrected chi connectivity index (χ1v) is 13.0. The van der Waals surface area contributed by atoms with Gasteiger partial charge in [0, 0.05) is 5.56 Å². The number of nitrogens with one attached hydrogen (secondary N) is 1. The van der Waals surface area contributed by atoms with E-state index in [1.807, 2.05) is 70.2 Å². The smallest absolute Gasteiger partial charge is 0.251 e. The molecule has 3 rings (SSSR count). The number of benzene rings is 3. The summed E-state index contributed by atoms with van der Waals surface area (Å²) >= 11 is 0. The molecule has 0 aromatic heterocycles. The molecule has 6 nitrogen and oxygen atoms in total. The van der Waals surface area contributed by atoms with Crippen LogP contribution in [0.1, 0.15) is 39.5 Å². The number of hydrogen-bond acceptors (Lipinski definition) is 4. The van der Waals surface area contributed by atoms with Crippen molar-refractivity contribution in [3.63, 3.8) is 0 Å². The summed E-state index contributed by atoms with van der Waals surface area (Å²) in [5, 5.41) is 2.93. The van der Waals surface area contributed by atoms with Crippen LogP contribution in [-0.4, -0.2) is 33.2 Å². The van der Waals surface area contributed by atoms with Gasteiger partial charge in [-0.15, -0.1) is 0 Å². The standard InChI is InChI=1S/C27H32N2O4S/c1-19-7-14-25(15-8-19)33-18-22(4)28-27(30)24-12-10-23(11-13-24)17-29(34(5,31)32)26-16-20(2)6-9-21(26)3/h6-16,22H,17-18H2,1-5H3,(H,28,30)/t22-/m1/s1. The van der Waals surface area contributed by atoms with Gasteiger partial charge in [0.25, 0.3) is 5.91 Å². The van der Waals surface area contributed by atoms with E-state index < -0.39 is 10.0 Å². The van der Waals surface area contributed by atoms with Crippen LogP contribution in [-0.2, 0) is 16.6 Å². The number of ether oxygens (including phenoxy) is 1. The number of aryl methyl sites for hydroxylation is 3. The Kier molecular flexibility index (Phi) is 7.99.